The molecule has 27 heavy (non-hydrogen) atoms. The van der Waals surface area contributed by atoms with E-state index in [0.717, 1.165) is 0 Å². The zero-order valence-electron chi connectivity index (χ0n) is 16.5. The van der Waals surface area contributed by atoms with Gasteiger partial charge in [-0.3, -0.25) is 9.59 Å². The van der Waals surface area contributed by atoms with Crippen LogP contribution in [0.25, 0.3) is 0 Å². The molecule has 0 fully saturated rings. The fraction of sp³-hybridized carbons (Fsp3) is 0.556. The highest BCUT2D eigenvalue weighted by Crippen LogP contribution is 2.16. The van der Waals surface area contributed by atoms with Crippen LogP contribution in [0.15, 0.2) is 29.2 Å². The third-order valence-electron chi connectivity index (χ3n) is 4.13. The molecule has 2 N–H and O–H groups in total. The Morgan fingerprint density at radius 3 is 2.11 bits per heavy atom. The second kappa shape index (κ2) is 10.3. The number of rotatable bonds is 10. The van der Waals surface area contributed by atoms with Gasteiger partial charge in [-0.1, -0.05) is 13.8 Å². The lowest BCUT2D eigenvalue weighted by atomic mass is 10.1. The van der Waals surface area contributed by atoms with Gasteiger partial charge in [-0.2, -0.15) is 4.72 Å². The number of ether oxygens (including phenoxy) is 1. The molecule has 0 unspecified atom stereocenters. The fourth-order valence-corrected chi connectivity index (χ4v) is 3.79. The van der Waals surface area contributed by atoms with E-state index in [9.17, 15) is 18.0 Å². The van der Waals surface area contributed by atoms with Gasteiger partial charge in [0.25, 0.3) is 0 Å². The summed E-state index contributed by atoms with van der Waals surface area (Å²) in [5.74, 6) is -0.528. The molecule has 0 saturated carbocycles. The maximum absolute atomic E-state index is 12.6. The van der Waals surface area contributed by atoms with E-state index in [1.807, 2.05) is 13.8 Å². The second-order valence-electron chi connectivity index (χ2n) is 6.30. The number of hydrogen-bond donors (Lipinski definition) is 2. The van der Waals surface area contributed by atoms with Gasteiger partial charge in [0.1, 0.15) is 11.8 Å². The maximum atomic E-state index is 12.6. The smallest absolute Gasteiger partial charge is 0.241 e. The molecule has 8 nitrogen and oxygen atoms in total. The minimum absolute atomic E-state index is 0.0287. The largest absolute Gasteiger partial charge is 0.497 e. The lowest BCUT2D eigenvalue weighted by Crippen LogP contribution is -2.51. The molecule has 0 aliphatic heterocycles. The topological polar surface area (TPSA) is 105 Å². The predicted octanol–water partition coefficient (Wildman–Crippen LogP) is 0.983. The maximum Gasteiger partial charge on any atom is 0.241 e. The first-order chi connectivity index (χ1) is 12.7. The summed E-state index contributed by atoms with van der Waals surface area (Å²) in [6, 6.07) is 4.87. The first-order valence-corrected chi connectivity index (χ1v) is 10.4. The van der Waals surface area contributed by atoms with Crippen molar-refractivity contribution >= 4 is 21.8 Å². The van der Waals surface area contributed by atoms with Crippen LogP contribution in [-0.4, -0.2) is 57.9 Å². The van der Waals surface area contributed by atoms with Gasteiger partial charge in [0.15, 0.2) is 0 Å². The highest BCUT2D eigenvalue weighted by Gasteiger charge is 2.28. The standard InChI is InChI=1S/C18H29N3O5S/c1-6-21(7-2)16(22)12-19-18(23)17(13(3)4)20-27(24,25)15-10-8-14(26-5)9-11-15/h8-11,13,17,20H,6-7,12H2,1-5H3,(H,19,23)/t17-/m0/s1. The summed E-state index contributed by atoms with van der Waals surface area (Å²) in [4.78, 5) is 26.1. The molecule has 0 radical (unpaired) electrons. The van der Waals surface area contributed by atoms with E-state index in [1.165, 1.54) is 31.4 Å². The molecule has 0 aromatic heterocycles. The Morgan fingerprint density at radius 1 is 1.11 bits per heavy atom. The van der Waals surface area contributed by atoms with Crippen molar-refractivity contribution in [2.75, 3.05) is 26.7 Å². The summed E-state index contributed by atoms with van der Waals surface area (Å²) >= 11 is 0. The average molecular weight is 400 g/mol. The SMILES string of the molecule is CCN(CC)C(=O)CNC(=O)[C@@H](NS(=O)(=O)c1ccc(OC)cc1)C(C)C. The Labute approximate surface area is 161 Å². The van der Waals surface area contributed by atoms with Crippen LogP contribution in [-0.2, 0) is 19.6 Å². The van der Waals surface area contributed by atoms with Crippen molar-refractivity contribution in [3.63, 3.8) is 0 Å². The van der Waals surface area contributed by atoms with Crippen LogP contribution >= 0.6 is 0 Å². The molecular weight excluding hydrogens is 370 g/mol. The summed E-state index contributed by atoms with van der Waals surface area (Å²) in [6.07, 6.45) is 0. The Bertz CT molecular complexity index is 728. The normalized spacial score (nSPS) is 12.5. The molecular formula is C18H29N3O5S. The predicted molar refractivity (Wildman–Crippen MR) is 103 cm³/mol. The van der Waals surface area contributed by atoms with E-state index in [0.29, 0.717) is 18.8 Å². The number of carbonyl (C=O) groups excluding carboxylic acids is 2. The fourth-order valence-electron chi connectivity index (χ4n) is 2.44. The molecule has 0 spiro atoms. The summed E-state index contributed by atoms with van der Waals surface area (Å²) in [5, 5.41) is 2.53. The molecule has 1 rings (SSSR count). The second-order valence-corrected chi connectivity index (χ2v) is 8.02. The molecule has 9 heteroatoms. The number of carbonyl (C=O) groups is 2. The van der Waals surface area contributed by atoms with E-state index in [-0.39, 0.29) is 23.3 Å². The first kappa shape index (κ1) is 22.9. The Balaban J connectivity index is 2.85. The molecule has 1 aromatic carbocycles. The van der Waals surface area contributed by atoms with Gasteiger partial charge in [-0.25, -0.2) is 8.42 Å². The quantitative estimate of drug-likeness (QED) is 0.610. The molecule has 1 aromatic rings. The lowest BCUT2D eigenvalue weighted by molar-refractivity contribution is -0.133. The minimum atomic E-state index is -3.90. The molecule has 0 aliphatic rings. The molecule has 0 aliphatic carbocycles. The molecule has 1 atom stereocenters. The van der Waals surface area contributed by atoms with Crippen molar-refractivity contribution in [2.24, 2.45) is 5.92 Å². The zero-order chi connectivity index (χ0) is 20.6. The van der Waals surface area contributed by atoms with Crippen LogP contribution in [0, 0.1) is 5.92 Å². The monoisotopic (exact) mass is 399 g/mol. The third kappa shape index (κ3) is 6.51. The summed E-state index contributed by atoms with van der Waals surface area (Å²) in [5.41, 5.74) is 0. The van der Waals surface area contributed by atoms with E-state index in [1.54, 1.807) is 18.7 Å². The number of amides is 2. The van der Waals surface area contributed by atoms with Gasteiger partial charge < -0.3 is 15.0 Å². The van der Waals surface area contributed by atoms with Crippen LogP contribution in [0.3, 0.4) is 0 Å². The van der Waals surface area contributed by atoms with Crippen LogP contribution in [0.5, 0.6) is 5.75 Å². The van der Waals surface area contributed by atoms with Crippen LogP contribution in [0.1, 0.15) is 27.7 Å². The van der Waals surface area contributed by atoms with Crippen molar-refractivity contribution in [1.29, 1.82) is 0 Å². The van der Waals surface area contributed by atoms with E-state index < -0.39 is 22.0 Å². The number of methoxy groups -OCH3 is 1. The van der Waals surface area contributed by atoms with Crippen molar-refractivity contribution in [3.8, 4) is 5.75 Å². The average Bonchev–Trinajstić information content (AvgIpc) is 2.65. The van der Waals surface area contributed by atoms with Gasteiger partial charge in [0.2, 0.25) is 21.8 Å². The van der Waals surface area contributed by atoms with Crippen molar-refractivity contribution in [1.82, 2.24) is 14.9 Å². The van der Waals surface area contributed by atoms with Crippen molar-refractivity contribution in [3.05, 3.63) is 24.3 Å². The van der Waals surface area contributed by atoms with Crippen molar-refractivity contribution in [2.45, 2.75) is 38.6 Å². The summed E-state index contributed by atoms with van der Waals surface area (Å²) < 4.78 is 32.6. The molecule has 2 amide bonds. The highest BCUT2D eigenvalue weighted by molar-refractivity contribution is 7.89. The van der Waals surface area contributed by atoms with Crippen LogP contribution in [0.2, 0.25) is 0 Å². The summed E-state index contributed by atoms with van der Waals surface area (Å²) in [7, 11) is -2.41. The number of benzene rings is 1. The third-order valence-corrected chi connectivity index (χ3v) is 5.59. The molecule has 0 heterocycles. The Hall–Kier alpha value is -2.13. The van der Waals surface area contributed by atoms with Gasteiger partial charge in [-0.05, 0) is 44.0 Å². The number of hydrogen-bond acceptors (Lipinski definition) is 5. The Kier molecular flexibility index (Phi) is 8.71. The lowest BCUT2D eigenvalue weighted by Gasteiger charge is -2.23. The molecule has 152 valence electrons. The number of likely N-dealkylation sites (N-methyl/N-ethyl adjacent to an activating group) is 1. The van der Waals surface area contributed by atoms with E-state index >= 15 is 0 Å². The van der Waals surface area contributed by atoms with Gasteiger partial charge in [0, 0.05) is 13.1 Å². The van der Waals surface area contributed by atoms with E-state index in [2.05, 4.69) is 10.0 Å². The van der Waals surface area contributed by atoms with Gasteiger partial charge in [0.05, 0.1) is 18.6 Å². The highest BCUT2D eigenvalue weighted by atomic mass is 32.2. The minimum Gasteiger partial charge on any atom is -0.497 e. The van der Waals surface area contributed by atoms with Crippen LogP contribution < -0.4 is 14.8 Å². The van der Waals surface area contributed by atoms with E-state index in [4.69, 9.17) is 4.74 Å². The number of nitrogens with one attached hydrogen (secondary N) is 2. The number of nitrogens with zero attached hydrogens (tertiary/aromatic N) is 1. The number of sulfonamides is 1. The van der Waals surface area contributed by atoms with Crippen molar-refractivity contribution < 1.29 is 22.7 Å². The molecule has 0 bridgehead atoms. The molecule has 0 saturated heterocycles. The van der Waals surface area contributed by atoms with Crippen LogP contribution in [0.4, 0.5) is 0 Å². The summed E-state index contributed by atoms with van der Waals surface area (Å²) in [6.45, 7) is 8.08. The first-order valence-electron chi connectivity index (χ1n) is 8.88. The zero-order valence-corrected chi connectivity index (χ0v) is 17.3. The Morgan fingerprint density at radius 2 is 1.67 bits per heavy atom. The van der Waals surface area contributed by atoms with Gasteiger partial charge >= 0.3 is 0 Å². The van der Waals surface area contributed by atoms with Gasteiger partial charge in [-0.15, -0.1) is 0 Å².